The number of Topliss-reactive ketones (excluding diaryl/α,β-unsaturated/α-hetero) is 1. The SMILES string of the molecule is O=C1Oc2c(c(=O)oc3ccccc23)[C@H](c2cccc([N+](=O)[O-])c2)[C@H]1C(=O)c1ccccc1O. The Morgan fingerprint density at radius 2 is 1.71 bits per heavy atom. The lowest BCUT2D eigenvalue weighted by atomic mass is 9.75. The molecule has 4 aromatic rings. The van der Waals surface area contributed by atoms with Crippen LogP contribution in [0.15, 0.2) is 82.0 Å². The third-order valence-electron chi connectivity index (χ3n) is 5.79. The predicted octanol–water partition coefficient (Wildman–Crippen LogP) is 3.96. The Balaban J connectivity index is 1.81. The zero-order valence-electron chi connectivity index (χ0n) is 17.3. The van der Waals surface area contributed by atoms with Crippen molar-refractivity contribution >= 4 is 28.4 Å². The van der Waals surface area contributed by atoms with Crippen LogP contribution in [-0.2, 0) is 4.79 Å². The number of nitro groups is 1. The number of para-hydroxylation sites is 2. The Kier molecular flexibility index (Phi) is 4.94. The standard InChI is InChI=1S/C25H15NO8/c27-17-10-3-1-8-15(17)22(28)20-19(13-6-5-7-14(12-13)26(31)32)21-23(34-24(20)29)16-9-2-4-11-18(16)33-25(21)30/h1-12,19-20,27H/t19-,20+/m1/s1. The van der Waals surface area contributed by atoms with E-state index in [1.807, 2.05) is 0 Å². The number of phenolic OH excluding ortho intramolecular Hbond substituents is 1. The Morgan fingerprint density at radius 1 is 0.971 bits per heavy atom. The first kappa shape index (κ1) is 21.1. The Hall–Kier alpha value is -4.79. The molecule has 0 amide bonds. The number of ether oxygens (including phenoxy) is 1. The van der Waals surface area contributed by atoms with Gasteiger partial charge in [0.2, 0.25) is 0 Å². The van der Waals surface area contributed by atoms with Crippen molar-refractivity contribution in [1.82, 2.24) is 0 Å². The summed E-state index contributed by atoms with van der Waals surface area (Å²) in [5, 5.41) is 22.0. The largest absolute Gasteiger partial charge is 0.507 e. The van der Waals surface area contributed by atoms with Crippen LogP contribution in [0, 0.1) is 16.0 Å². The minimum Gasteiger partial charge on any atom is -0.507 e. The van der Waals surface area contributed by atoms with Gasteiger partial charge in [-0.25, -0.2) is 4.79 Å². The fourth-order valence-corrected chi connectivity index (χ4v) is 4.28. The van der Waals surface area contributed by atoms with Gasteiger partial charge >= 0.3 is 11.6 Å². The topological polar surface area (TPSA) is 137 Å². The first-order chi connectivity index (χ1) is 16.4. The molecule has 9 heteroatoms. The van der Waals surface area contributed by atoms with Crippen LogP contribution in [0.25, 0.3) is 11.0 Å². The second kappa shape index (κ2) is 7.96. The number of nitrogens with zero attached hydrogens (tertiary/aromatic N) is 1. The van der Waals surface area contributed by atoms with Crippen molar-refractivity contribution in [3.05, 3.63) is 110 Å². The monoisotopic (exact) mass is 457 g/mol. The average molecular weight is 457 g/mol. The lowest BCUT2D eigenvalue weighted by Crippen LogP contribution is -2.40. The molecule has 168 valence electrons. The number of carbonyl (C=O) groups excluding carboxylic acids is 2. The van der Waals surface area contributed by atoms with Crippen LogP contribution in [-0.4, -0.2) is 21.8 Å². The van der Waals surface area contributed by atoms with Crippen molar-refractivity contribution in [2.75, 3.05) is 0 Å². The van der Waals surface area contributed by atoms with E-state index in [9.17, 15) is 29.6 Å². The van der Waals surface area contributed by atoms with Crippen molar-refractivity contribution in [1.29, 1.82) is 0 Å². The number of esters is 1. The van der Waals surface area contributed by atoms with Crippen LogP contribution in [0.1, 0.15) is 27.4 Å². The van der Waals surface area contributed by atoms with E-state index < -0.39 is 34.1 Å². The maximum atomic E-state index is 13.5. The van der Waals surface area contributed by atoms with E-state index in [1.165, 1.54) is 54.6 Å². The van der Waals surface area contributed by atoms with Gasteiger partial charge in [-0.05, 0) is 29.8 Å². The molecule has 3 aromatic carbocycles. The maximum absolute atomic E-state index is 13.5. The molecular formula is C25H15NO8. The Bertz CT molecular complexity index is 1550. The molecule has 0 unspecified atom stereocenters. The van der Waals surface area contributed by atoms with Gasteiger partial charge in [-0.3, -0.25) is 19.7 Å². The van der Waals surface area contributed by atoms with Gasteiger partial charge in [-0.2, -0.15) is 0 Å². The average Bonchev–Trinajstić information content (AvgIpc) is 2.83. The molecule has 0 aliphatic carbocycles. The van der Waals surface area contributed by atoms with Gasteiger partial charge in [0.15, 0.2) is 11.5 Å². The van der Waals surface area contributed by atoms with Gasteiger partial charge in [0.25, 0.3) is 5.69 Å². The Labute approximate surface area is 191 Å². The summed E-state index contributed by atoms with van der Waals surface area (Å²) in [7, 11) is 0. The number of fused-ring (bicyclic) bond motifs is 3. The van der Waals surface area contributed by atoms with E-state index in [0.29, 0.717) is 5.39 Å². The van der Waals surface area contributed by atoms with E-state index in [-0.39, 0.29) is 39.5 Å². The summed E-state index contributed by atoms with van der Waals surface area (Å²) in [6.45, 7) is 0. The van der Waals surface area contributed by atoms with Gasteiger partial charge in [0, 0.05) is 18.1 Å². The van der Waals surface area contributed by atoms with Gasteiger partial charge in [0.1, 0.15) is 17.3 Å². The zero-order valence-corrected chi connectivity index (χ0v) is 17.3. The molecule has 0 spiro atoms. The first-order valence-corrected chi connectivity index (χ1v) is 10.2. The molecule has 0 radical (unpaired) electrons. The number of rotatable bonds is 4. The molecule has 0 saturated heterocycles. The molecule has 5 rings (SSSR count). The molecule has 2 heterocycles. The highest BCUT2D eigenvalue weighted by molar-refractivity contribution is 6.12. The number of carbonyl (C=O) groups is 2. The van der Waals surface area contributed by atoms with Crippen molar-refractivity contribution in [3.8, 4) is 11.5 Å². The minimum absolute atomic E-state index is 0.0605. The molecule has 0 saturated carbocycles. The molecule has 1 aliphatic rings. The number of phenols is 1. The van der Waals surface area contributed by atoms with Gasteiger partial charge in [-0.1, -0.05) is 36.4 Å². The van der Waals surface area contributed by atoms with Crippen molar-refractivity contribution in [3.63, 3.8) is 0 Å². The van der Waals surface area contributed by atoms with Gasteiger partial charge in [0.05, 0.1) is 21.4 Å². The van der Waals surface area contributed by atoms with Crippen LogP contribution in [0.2, 0.25) is 0 Å². The molecule has 0 fully saturated rings. The van der Waals surface area contributed by atoms with E-state index >= 15 is 0 Å². The minimum atomic E-state index is -1.59. The highest BCUT2D eigenvalue weighted by Crippen LogP contribution is 2.45. The summed E-state index contributed by atoms with van der Waals surface area (Å²) in [6, 6.07) is 17.4. The number of hydrogen-bond acceptors (Lipinski definition) is 8. The molecule has 1 aliphatic heterocycles. The molecular weight excluding hydrogens is 442 g/mol. The zero-order chi connectivity index (χ0) is 24.0. The Morgan fingerprint density at radius 3 is 2.47 bits per heavy atom. The highest BCUT2D eigenvalue weighted by atomic mass is 16.6. The summed E-state index contributed by atoms with van der Waals surface area (Å²) < 4.78 is 11.0. The van der Waals surface area contributed by atoms with Crippen LogP contribution >= 0.6 is 0 Å². The second-order valence-electron chi connectivity index (χ2n) is 7.74. The number of benzene rings is 3. The van der Waals surface area contributed by atoms with Gasteiger partial charge in [-0.15, -0.1) is 0 Å². The lowest BCUT2D eigenvalue weighted by molar-refractivity contribution is -0.384. The van der Waals surface area contributed by atoms with E-state index in [0.717, 1.165) is 0 Å². The van der Waals surface area contributed by atoms with Crippen molar-refractivity contribution < 1.29 is 28.8 Å². The molecule has 34 heavy (non-hydrogen) atoms. The van der Waals surface area contributed by atoms with Crippen LogP contribution < -0.4 is 10.4 Å². The normalized spacial score (nSPS) is 17.1. The van der Waals surface area contributed by atoms with Crippen LogP contribution in [0.4, 0.5) is 5.69 Å². The predicted molar refractivity (Wildman–Crippen MR) is 119 cm³/mol. The number of hydrogen-bond donors (Lipinski definition) is 1. The number of nitro benzene ring substituents is 1. The smallest absolute Gasteiger partial charge is 0.343 e. The first-order valence-electron chi connectivity index (χ1n) is 10.2. The quantitative estimate of drug-likeness (QED) is 0.121. The summed E-state index contributed by atoms with van der Waals surface area (Å²) in [4.78, 5) is 50.6. The van der Waals surface area contributed by atoms with E-state index in [1.54, 1.807) is 18.2 Å². The van der Waals surface area contributed by atoms with Crippen molar-refractivity contribution in [2.45, 2.75) is 5.92 Å². The molecule has 2 atom stereocenters. The fraction of sp³-hybridized carbons (Fsp3) is 0.0800. The van der Waals surface area contributed by atoms with Gasteiger partial charge < -0.3 is 14.3 Å². The fourth-order valence-electron chi connectivity index (χ4n) is 4.28. The van der Waals surface area contributed by atoms with Crippen LogP contribution in [0.3, 0.4) is 0 Å². The van der Waals surface area contributed by atoms with Crippen molar-refractivity contribution in [2.24, 2.45) is 5.92 Å². The molecule has 1 N–H and O–H groups in total. The number of ketones is 1. The summed E-state index contributed by atoms with van der Waals surface area (Å²) in [5.74, 6) is -4.99. The second-order valence-corrected chi connectivity index (χ2v) is 7.74. The molecule has 9 nitrogen and oxygen atoms in total. The van der Waals surface area contributed by atoms with E-state index in [2.05, 4.69) is 0 Å². The summed E-state index contributed by atoms with van der Waals surface area (Å²) in [5.41, 5.74) is -1.00. The number of non-ortho nitro benzene ring substituents is 1. The molecule has 0 bridgehead atoms. The summed E-state index contributed by atoms with van der Waals surface area (Å²) in [6.07, 6.45) is 0. The highest BCUT2D eigenvalue weighted by Gasteiger charge is 2.47. The number of aromatic hydroxyl groups is 1. The van der Waals surface area contributed by atoms with Crippen LogP contribution in [0.5, 0.6) is 11.5 Å². The third-order valence-corrected chi connectivity index (χ3v) is 5.79. The summed E-state index contributed by atoms with van der Waals surface area (Å²) >= 11 is 0. The van der Waals surface area contributed by atoms with E-state index in [4.69, 9.17) is 9.15 Å². The lowest BCUT2D eigenvalue weighted by Gasteiger charge is -2.31. The third kappa shape index (κ3) is 3.30. The maximum Gasteiger partial charge on any atom is 0.343 e. The molecule has 1 aromatic heterocycles.